The zero-order chi connectivity index (χ0) is 22.7. The third-order valence-corrected chi connectivity index (χ3v) is 6.86. The molecule has 7 heteroatoms. The zero-order valence-corrected chi connectivity index (χ0v) is 18.4. The van der Waals surface area contributed by atoms with E-state index in [4.69, 9.17) is 0 Å². The summed E-state index contributed by atoms with van der Waals surface area (Å²) in [6.45, 7) is 0. The molecule has 0 spiro atoms. The molecule has 6 rings (SSSR count). The SMILES string of the molecule is O=S(=O)(Cn1nnc2cccnc21)c1ccc2ccccc2c1.c1ccc2ccccc2c1. The van der Waals surface area contributed by atoms with Crippen LogP contribution in [0.5, 0.6) is 0 Å². The zero-order valence-electron chi connectivity index (χ0n) is 17.6. The largest absolute Gasteiger partial charge is 0.235 e. The lowest BCUT2D eigenvalue weighted by atomic mass is 10.1. The topological polar surface area (TPSA) is 77.7 Å². The summed E-state index contributed by atoms with van der Waals surface area (Å²) in [5.74, 6) is -0.293. The Morgan fingerprint density at radius 3 is 1.88 bits per heavy atom. The van der Waals surface area contributed by atoms with E-state index in [1.807, 2.05) is 24.3 Å². The predicted octanol–water partition coefficient (Wildman–Crippen LogP) is 5.25. The van der Waals surface area contributed by atoms with E-state index in [2.05, 4.69) is 63.8 Å². The summed E-state index contributed by atoms with van der Waals surface area (Å²) in [4.78, 5) is 4.40. The van der Waals surface area contributed by atoms with Crippen molar-refractivity contribution in [3.63, 3.8) is 0 Å². The Bertz CT molecular complexity index is 1610. The molecule has 0 aliphatic carbocycles. The van der Waals surface area contributed by atoms with E-state index < -0.39 is 9.84 Å². The molecule has 4 aromatic carbocycles. The van der Waals surface area contributed by atoms with Crippen LogP contribution >= 0.6 is 0 Å². The van der Waals surface area contributed by atoms with Crippen LogP contribution in [0.2, 0.25) is 0 Å². The minimum atomic E-state index is -3.55. The molecule has 0 saturated heterocycles. The summed E-state index contributed by atoms with van der Waals surface area (Å²) < 4.78 is 26.6. The number of fused-ring (bicyclic) bond motifs is 3. The summed E-state index contributed by atoms with van der Waals surface area (Å²) in [6, 6.07) is 32.9. The molecule has 0 unspecified atom stereocenters. The molecular formula is C26H20N4O2S. The number of hydrogen-bond donors (Lipinski definition) is 0. The van der Waals surface area contributed by atoms with Crippen LogP contribution in [0.25, 0.3) is 32.7 Å². The van der Waals surface area contributed by atoms with Crippen LogP contribution in [0.15, 0.2) is 114 Å². The molecule has 0 aliphatic heterocycles. The van der Waals surface area contributed by atoms with Gasteiger partial charge in [-0.25, -0.2) is 18.1 Å². The Balaban J connectivity index is 0.000000190. The molecule has 6 nitrogen and oxygen atoms in total. The van der Waals surface area contributed by atoms with Crippen LogP contribution in [0.4, 0.5) is 0 Å². The minimum Gasteiger partial charge on any atom is -0.235 e. The van der Waals surface area contributed by atoms with Gasteiger partial charge in [0.25, 0.3) is 0 Å². The summed E-state index contributed by atoms with van der Waals surface area (Å²) in [7, 11) is -3.55. The summed E-state index contributed by atoms with van der Waals surface area (Å²) in [5.41, 5.74) is 1.03. The highest BCUT2D eigenvalue weighted by Crippen LogP contribution is 2.21. The van der Waals surface area contributed by atoms with Crippen LogP contribution in [0.3, 0.4) is 0 Å². The van der Waals surface area contributed by atoms with Crippen molar-refractivity contribution >= 4 is 42.5 Å². The lowest BCUT2D eigenvalue weighted by molar-refractivity contribution is 0.574. The third-order valence-electron chi connectivity index (χ3n) is 5.30. The van der Waals surface area contributed by atoms with Gasteiger partial charge in [-0.05, 0) is 45.8 Å². The van der Waals surface area contributed by atoms with Gasteiger partial charge in [0, 0.05) is 6.20 Å². The van der Waals surface area contributed by atoms with E-state index in [0.29, 0.717) is 11.2 Å². The highest BCUT2D eigenvalue weighted by Gasteiger charge is 2.18. The molecule has 6 aromatic rings. The molecule has 0 amide bonds. The quantitative estimate of drug-likeness (QED) is 0.366. The van der Waals surface area contributed by atoms with Gasteiger partial charge >= 0.3 is 0 Å². The van der Waals surface area contributed by atoms with Crippen molar-refractivity contribution < 1.29 is 8.42 Å². The van der Waals surface area contributed by atoms with E-state index in [1.54, 1.807) is 36.5 Å². The van der Waals surface area contributed by atoms with Crippen molar-refractivity contribution in [2.24, 2.45) is 0 Å². The summed E-state index contributed by atoms with van der Waals surface area (Å²) >= 11 is 0. The second-order valence-electron chi connectivity index (χ2n) is 7.54. The number of pyridine rings is 1. The van der Waals surface area contributed by atoms with Gasteiger partial charge in [-0.2, -0.15) is 0 Å². The van der Waals surface area contributed by atoms with Gasteiger partial charge in [-0.15, -0.1) is 5.10 Å². The molecular weight excluding hydrogens is 432 g/mol. The number of hydrogen-bond acceptors (Lipinski definition) is 5. The molecule has 0 fully saturated rings. The number of rotatable bonds is 3. The number of benzene rings is 4. The molecule has 0 bridgehead atoms. The van der Waals surface area contributed by atoms with Gasteiger partial charge in [0.05, 0.1) is 4.90 Å². The summed E-state index contributed by atoms with van der Waals surface area (Å²) in [6.07, 6.45) is 1.59. The summed E-state index contributed by atoms with van der Waals surface area (Å²) in [5, 5.41) is 12.3. The highest BCUT2D eigenvalue weighted by atomic mass is 32.2. The van der Waals surface area contributed by atoms with Crippen molar-refractivity contribution in [1.82, 2.24) is 20.0 Å². The maximum atomic E-state index is 12.7. The Kier molecular flexibility index (Phi) is 5.54. The monoisotopic (exact) mass is 452 g/mol. The van der Waals surface area contributed by atoms with Gasteiger partial charge in [0.1, 0.15) is 5.52 Å². The second-order valence-corrected chi connectivity index (χ2v) is 9.49. The first-order valence-electron chi connectivity index (χ1n) is 10.4. The van der Waals surface area contributed by atoms with E-state index in [-0.39, 0.29) is 10.8 Å². The number of nitrogens with zero attached hydrogens (tertiary/aromatic N) is 4. The Labute approximate surface area is 191 Å². The van der Waals surface area contributed by atoms with Crippen molar-refractivity contribution in [2.75, 3.05) is 0 Å². The van der Waals surface area contributed by atoms with Crippen LogP contribution in [0, 0.1) is 0 Å². The maximum Gasteiger partial charge on any atom is 0.198 e. The molecule has 0 aliphatic rings. The minimum absolute atomic E-state index is 0.260. The lowest BCUT2D eigenvalue weighted by Gasteiger charge is -2.06. The fraction of sp³-hybridized carbons (Fsp3) is 0.0385. The average Bonchev–Trinajstić information content (AvgIpc) is 3.26. The van der Waals surface area contributed by atoms with Crippen molar-refractivity contribution in [1.29, 1.82) is 0 Å². The van der Waals surface area contributed by atoms with Gasteiger partial charge in [0.2, 0.25) is 0 Å². The normalized spacial score (nSPS) is 11.4. The molecule has 0 radical (unpaired) electrons. The molecule has 2 heterocycles. The van der Waals surface area contributed by atoms with E-state index in [1.165, 1.54) is 15.5 Å². The van der Waals surface area contributed by atoms with Gasteiger partial charge in [0.15, 0.2) is 21.4 Å². The average molecular weight is 453 g/mol. The smallest absolute Gasteiger partial charge is 0.198 e. The molecule has 0 atom stereocenters. The first kappa shape index (κ1) is 20.8. The molecule has 0 N–H and O–H groups in total. The molecule has 162 valence electrons. The predicted molar refractivity (Wildman–Crippen MR) is 130 cm³/mol. The fourth-order valence-corrected chi connectivity index (χ4v) is 4.85. The third kappa shape index (κ3) is 4.44. The van der Waals surface area contributed by atoms with Gasteiger partial charge < -0.3 is 0 Å². The first-order valence-corrected chi connectivity index (χ1v) is 12.0. The molecule has 2 aromatic heterocycles. The van der Waals surface area contributed by atoms with Crippen LogP contribution < -0.4 is 0 Å². The second kappa shape index (κ2) is 8.80. The van der Waals surface area contributed by atoms with Gasteiger partial charge in [-0.1, -0.05) is 84.1 Å². The Morgan fingerprint density at radius 2 is 1.24 bits per heavy atom. The first-order chi connectivity index (χ1) is 16.1. The molecule has 0 saturated carbocycles. The van der Waals surface area contributed by atoms with Crippen molar-refractivity contribution in [3.8, 4) is 0 Å². The lowest BCUT2D eigenvalue weighted by Crippen LogP contribution is -2.13. The van der Waals surface area contributed by atoms with Crippen LogP contribution in [0.1, 0.15) is 0 Å². The Morgan fingerprint density at radius 1 is 0.667 bits per heavy atom. The number of aromatic nitrogens is 4. The Hall–Kier alpha value is -4.10. The van der Waals surface area contributed by atoms with Crippen molar-refractivity contribution in [3.05, 3.63) is 109 Å². The molecule has 33 heavy (non-hydrogen) atoms. The standard InChI is InChI=1S/C16H12N4O2S.C10H8/c21-23(22,11-20-16-15(18-19-20)6-3-9-17-16)14-8-7-12-4-1-2-5-13(12)10-14;1-2-6-10-8-4-3-7-9(10)5-1/h1-10H,11H2;1-8H. The van der Waals surface area contributed by atoms with E-state index >= 15 is 0 Å². The van der Waals surface area contributed by atoms with Crippen molar-refractivity contribution in [2.45, 2.75) is 10.8 Å². The fourth-order valence-electron chi connectivity index (χ4n) is 3.63. The van der Waals surface area contributed by atoms with E-state index in [9.17, 15) is 8.42 Å². The number of sulfone groups is 1. The van der Waals surface area contributed by atoms with Crippen LogP contribution in [-0.2, 0) is 15.7 Å². The van der Waals surface area contributed by atoms with Gasteiger partial charge in [-0.3, -0.25) is 0 Å². The maximum absolute atomic E-state index is 12.7. The highest BCUT2D eigenvalue weighted by molar-refractivity contribution is 7.90. The van der Waals surface area contributed by atoms with E-state index in [0.717, 1.165) is 10.8 Å². The van der Waals surface area contributed by atoms with Crippen LogP contribution in [-0.4, -0.2) is 28.4 Å².